The van der Waals surface area contributed by atoms with Gasteiger partial charge in [0.25, 0.3) is 0 Å². The van der Waals surface area contributed by atoms with E-state index in [-0.39, 0.29) is 5.91 Å². The summed E-state index contributed by atoms with van der Waals surface area (Å²) in [6.45, 7) is 3.59. The Morgan fingerprint density at radius 3 is 2.41 bits per heavy atom. The van der Waals surface area contributed by atoms with Crippen molar-refractivity contribution in [2.24, 2.45) is 0 Å². The number of rotatable bonds is 2. The van der Waals surface area contributed by atoms with Crippen molar-refractivity contribution in [2.75, 3.05) is 5.32 Å². The molecule has 0 unspecified atom stereocenters. The summed E-state index contributed by atoms with van der Waals surface area (Å²) in [5.74, 6) is -0.0483. The van der Waals surface area contributed by atoms with Crippen molar-refractivity contribution in [3.8, 4) is 11.1 Å². The van der Waals surface area contributed by atoms with E-state index in [4.69, 9.17) is 0 Å². The van der Waals surface area contributed by atoms with E-state index in [1.54, 1.807) is 0 Å². The lowest BCUT2D eigenvalue weighted by Crippen LogP contribution is -2.05. The Balaban J connectivity index is 2.43. The van der Waals surface area contributed by atoms with Crippen LogP contribution >= 0.6 is 0 Å². The minimum absolute atomic E-state index is 0.0483. The first kappa shape index (κ1) is 11.4. The number of anilines is 1. The Morgan fingerprint density at radius 1 is 1.06 bits per heavy atom. The van der Waals surface area contributed by atoms with Gasteiger partial charge < -0.3 is 5.32 Å². The van der Waals surface area contributed by atoms with Crippen molar-refractivity contribution >= 4 is 11.6 Å². The summed E-state index contributed by atoms with van der Waals surface area (Å²) in [6, 6.07) is 16.1. The van der Waals surface area contributed by atoms with Crippen molar-refractivity contribution in [2.45, 2.75) is 13.8 Å². The van der Waals surface area contributed by atoms with Crippen LogP contribution in [0.1, 0.15) is 12.5 Å². The van der Waals surface area contributed by atoms with Crippen LogP contribution in [0.4, 0.5) is 5.69 Å². The average Bonchev–Trinajstić information content (AvgIpc) is 2.32. The number of carbonyl (C=O) groups excluding carboxylic acids is 1. The predicted molar refractivity (Wildman–Crippen MR) is 70.9 cm³/mol. The number of nitrogens with one attached hydrogen (secondary N) is 1. The lowest BCUT2D eigenvalue weighted by Gasteiger charge is -2.09. The molecular weight excluding hydrogens is 210 g/mol. The van der Waals surface area contributed by atoms with Gasteiger partial charge in [-0.2, -0.15) is 0 Å². The van der Waals surface area contributed by atoms with Crippen LogP contribution in [0.3, 0.4) is 0 Å². The number of amides is 1. The molecule has 2 nitrogen and oxygen atoms in total. The van der Waals surface area contributed by atoms with Crippen LogP contribution < -0.4 is 5.32 Å². The molecule has 2 aromatic rings. The zero-order valence-corrected chi connectivity index (χ0v) is 10.0. The lowest BCUT2D eigenvalue weighted by atomic mass is 10.00. The molecule has 2 aromatic carbocycles. The Hall–Kier alpha value is -2.09. The van der Waals surface area contributed by atoms with Crippen molar-refractivity contribution in [1.29, 1.82) is 0 Å². The second-order valence-corrected chi connectivity index (χ2v) is 4.08. The van der Waals surface area contributed by atoms with Crippen LogP contribution in [0.25, 0.3) is 11.1 Å². The van der Waals surface area contributed by atoms with Crippen LogP contribution in [0.2, 0.25) is 0 Å². The maximum absolute atomic E-state index is 11.0. The third-order valence-corrected chi connectivity index (χ3v) is 2.64. The molecule has 0 radical (unpaired) electrons. The maximum atomic E-state index is 11.0. The van der Waals surface area contributed by atoms with E-state index in [0.717, 1.165) is 16.8 Å². The molecule has 0 fully saturated rings. The molecule has 0 aliphatic rings. The highest BCUT2D eigenvalue weighted by atomic mass is 16.1. The highest BCUT2D eigenvalue weighted by Crippen LogP contribution is 2.26. The summed E-state index contributed by atoms with van der Waals surface area (Å²) in [7, 11) is 0. The zero-order chi connectivity index (χ0) is 12.3. The molecule has 0 aliphatic heterocycles. The standard InChI is InChI=1S/C15H15NO/c1-11-8-9-14(16-12(2)17)10-15(11)13-6-4-3-5-7-13/h3-10H,1-2H3,(H,16,17). The summed E-state index contributed by atoms with van der Waals surface area (Å²) in [6.07, 6.45) is 0. The molecule has 2 heteroatoms. The molecule has 0 aliphatic carbocycles. The number of benzene rings is 2. The van der Waals surface area contributed by atoms with Gasteiger partial charge >= 0.3 is 0 Å². The van der Waals surface area contributed by atoms with E-state index in [2.05, 4.69) is 24.4 Å². The molecule has 0 atom stereocenters. The van der Waals surface area contributed by atoms with Crippen molar-refractivity contribution < 1.29 is 4.79 Å². The Morgan fingerprint density at radius 2 is 1.76 bits per heavy atom. The van der Waals surface area contributed by atoms with Crippen LogP contribution in [0, 0.1) is 6.92 Å². The van der Waals surface area contributed by atoms with E-state index in [9.17, 15) is 4.79 Å². The first-order valence-electron chi connectivity index (χ1n) is 5.60. The highest BCUT2D eigenvalue weighted by molar-refractivity contribution is 5.89. The monoisotopic (exact) mass is 225 g/mol. The maximum Gasteiger partial charge on any atom is 0.221 e. The molecule has 0 spiro atoms. The lowest BCUT2D eigenvalue weighted by molar-refractivity contribution is -0.114. The van der Waals surface area contributed by atoms with Gasteiger partial charge in [0.2, 0.25) is 5.91 Å². The summed E-state index contributed by atoms with van der Waals surface area (Å²) in [5, 5.41) is 2.80. The minimum atomic E-state index is -0.0483. The molecule has 1 amide bonds. The van der Waals surface area contributed by atoms with Gasteiger partial charge in [-0.1, -0.05) is 36.4 Å². The van der Waals surface area contributed by atoms with Crippen molar-refractivity contribution in [3.63, 3.8) is 0 Å². The average molecular weight is 225 g/mol. The quantitative estimate of drug-likeness (QED) is 0.831. The molecule has 2 rings (SSSR count). The van der Waals surface area contributed by atoms with E-state index >= 15 is 0 Å². The SMILES string of the molecule is CC(=O)Nc1ccc(C)c(-c2ccccc2)c1. The number of aryl methyl sites for hydroxylation is 1. The first-order chi connectivity index (χ1) is 8.16. The third-order valence-electron chi connectivity index (χ3n) is 2.64. The number of hydrogen-bond acceptors (Lipinski definition) is 1. The Labute approximate surface area is 101 Å². The summed E-state index contributed by atoms with van der Waals surface area (Å²) in [4.78, 5) is 11.0. The first-order valence-corrected chi connectivity index (χ1v) is 5.60. The Kier molecular flexibility index (Phi) is 3.24. The van der Waals surface area contributed by atoms with Gasteiger partial charge in [0.1, 0.15) is 0 Å². The predicted octanol–water partition coefficient (Wildman–Crippen LogP) is 3.62. The second-order valence-electron chi connectivity index (χ2n) is 4.08. The number of carbonyl (C=O) groups is 1. The van der Waals surface area contributed by atoms with Gasteiger partial charge in [0, 0.05) is 12.6 Å². The van der Waals surface area contributed by atoms with E-state index < -0.39 is 0 Å². The fourth-order valence-electron chi connectivity index (χ4n) is 1.83. The van der Waals surface area contributed by atoms with Crippen LogP contribution in [-0.4, -0.2) is 5.91 Å². The normalized spacial score (nSPS) is 10.0. The topological polar surface area (TPSA) is 29.1 Å². The zero-order valence-electron chi connectivity index (χ0n) is 10.0. The van der Waals surface area contributed by atoms with Gasteiger partial charge in [-0.25, -0.2) is 0 Å². The van der Waals surface area contributed by atoms with E-state index in [1.165, 1.54) is 12.5 Å². The molecular formula is C15H15NO. The molecule has 17 heavy (non-hydrogen) atoms. The highest BCUT2D eigenvalue weighted by Gasteiger charge is 2.03. The summed E-state index contributed by atoms with van der Waals surface area (Å²) in [5.41, 5.74) is 4.35. The Bertz CT molecular complexity index is 532. The van der Waals surface area contributed by atoms with Crippen molar-refractivity contribution in [1.82, 2.24) is 0 Å². The largest absolute Gasteiger partial charge is 0.326 e. The molecule has 0 aromatic heterocycles. The van der Waals surface area contributed by atoms with Gasteiger partial charge in [-0.15, -0.1) is 0 Å². The van der Waals surface area contributed by atoms with Crippen LogP contribution in [-0.2, 0) is 4.79 Å². The summed E-state index contributed by atoms with van der Waals surface area (Å²) >= 11 is 0. The fraction of sp³-hybridized carbons (Fsp3) is 0.133. The minimum Gasteiger partial charge on any atom is -0.326 e. The van der Waals surface area contributed by atoms with Gasteiger partial charge in [-0.05, 0) is 35.7 Å². The molecule has 0 saturated carbocycles. The molecule has 0 saturated heterocycles. The van der Waals surface area contributed by atoms with Crippen LogP contribution in [0.15, 0.2) is 48.5 Å². The molecule has 0 heterocycles. The smallest absolute Gasteiger partial charge is 0.221 e. The van der Waals surface area contributed by atoms with Crippen LogP contribution in [0.5, 0.6) is 0 Å². The third kappa shape index (κ3) is 2.72. The molecule has 86 valence electrons. The molecule has 1 N–H and O–H groups in total. The van der Waals surface area contributed by atoms with E-state index in [0.29, 0.717) is 0 Å². The van der Waals surface area contributed by atoms with Gasteiger partial charge in [-0.3, -0.25) is 4.79 Å². The number of hydrogen-bond donors (Lipinski definition) is 1. The van der Waals surface area contributed by atoms with Gasteiger partial charge in [0.15, 0.2) is 0 Å². The molecule has 0 bridgehead atoms. The van der Waals surface area contributed by atoms with Crippen molar-refractivity contribution in [3.05, 3.63) is 54.1 Å². The second kappa shape index (κ2) is 4.83. The summed E-state index contributed by atoms with van der Waals surface area (Å²) < 4.78 is 0. The van der Waals surface area contributed by atoms with E-state index in [1.807, 2.05) is 36.4 Å². The fourth-order valence-corrected chi connectivity index (χ4v) is 1.83. The van der Waals surface area contributed by atoms with Gasteiger partial charge in [0.05, 0.1) is 0 Å².